The molecule has 0 atom stereocenters. The highest BCUT2D eigenvalue weighted by molar-refractivity contribution is 8.03. The molecular formula is C7H14S. The molecule has 0 fully saturated rings. The molecule has 0 rings (SSSR count). The second-order valence-corrected chi connectivity index (χ2v) is 3.09. The molecule has 0 aromatic heterocycles. The molecule has 1 heteroatoms. The van der Waals surface area contributed by atoms with Crippen LogP contribution in [-0.2, 0) is 0 Å². The Morgan fingerprint density at radius 2 is 2.25 bits per heavy atom. The lowest BCUT2D eigenvalue weighted by molar-refractivity contribution is 1.11. The quantitative estimate of drug-likeness (QED) is 0.566. The van der Waals surface area contributed by atoms with Gasteiger partial charge < -0.3 is 0 Å². The van der Waals surface area contributed by atoms with Crippen molar-refractivity contribution in [2.75, 3.05) is 5.75 Å². The monoisotopic (exact) mass is 130 g/mol. The van der Waals surface area contributed by atoms with E-state index in [1.54, 1.807) is 0 Å². The standard InChI is InChI=1S/C7H14S/c1-4-6-8-7(3)5-2/h5H,4,6H2,1-3H3/b7-5+. The van der Waals surface area contributed by atoms with E-state index in [1.165, 1.54) is 17.1 Å². The second kappa shape index (κ2) is 5.23. The maximum absolute atomic E-state index is 2.20. The molecule has 0 aliphatic heterocycles. The normalized spacial score (nSPS) is 12.1. The Hall–Kier alpha value is 0.0900. The summed E-state index contributed by atoms with van der Waals surface area (Å²) in [4.78, 5) is 1.44. The SMILES string of the molecule is C/C=C(\C)SCCC. The molecule has 0 radical (unpaired) electrons. The lowest BCUT2D eigenvalue weighted by Crippen LogP contribution is -1.72. The lowest BCUT2D eigenvalue weighted by atomic mass is 10.6. The number of thioether (sulfide) groups is 1. The fraction of sp³-hybridized carbons (Fsp3) is 0.714. The summed E-state index contributed by atoms with van der Waals surface area (Å²) in [5, 5.41) is 0. The van der Waals surface area contributed by atoms with E-state index in [2.05, 4.69) is 26.8 Å². The Bertz CT molecular complexity index is 74.5. The lowest BCUT2D eigenvalue weighted by Gasteiger charge is -1.94. The van der Waals surface area contributed by atoms with Gasteiger partial charge in [0.1, 0.15) is 0 Å². The summed E-state index contributed by atoms with van der Waals surface area (Å²) in [5.41, 5.74) is 0. The van der Waals surface area contributed by atoms with Crippen LogP contribution in [0.3, 0.4) is 0 Å². The average molecular weight is 130 g/mol. The van der Waals surface area contributed by atoms with E-state index in [0.717, 1.165) is 0 Å². The molecule has 0 heterocycles. The summed E-state index contributed by atoms with van der Waals surface area (Å²) in [6, 6.07) is 0. The zero-order chi connectivity index (χ0) is 6.41. The molecule has 0 saturated heterocycles. The van der Waals surface area contributed by atoms with E-state index < -0.39 is 0 Å². The summed E-state index contributed by atoms with van der Waals surface area (Å²) >= 11 is 1.94. The van der Waals surface area contributed by atoms with Crippen LogP contribution in [0, 0.1) is 0 Å². The highest BCUT2D eigenvalue weighted by Gasteiger charge is 1.84. The molecule has 0 N–H and O–H groups in total. The van der Waals surface area contributed by atoms with Crippen molar-refractivity contribution in [1.82, 2.24) is 0 Å². The molecule has 0 aromatic rings. The minimum absolute atomic E-state index is 1.26. The molecule has 48 valence electrons. The molecule has 0 nitrogen and oxygen atoms in total. The molecule has 0 aliphatic rings. The first-order valence-electron chi connectivity index (χ1n) is 3.07. The largest absolute Gasteiger partial charge is 0.131 e. The predicted octanol–water partition coefficient (Wildman–Crippen LogP) is 3.05. The molecule has 0 bridgehead atoms. The third kappa shape index (κ3) is 4.25. The molecule has 0 saturated carbocycles. The first kappa shape index (κ1) is 8.09. The fourth-order valence-electron chi connectivity index (χ4n) is 0.346. The molecule has 0 aromatic carbocycles. The zero-order valence-electron chi connectivity index (χ0n) is 5.90. The Morgan fingerprint density at radius 1 is 1.62 bits per heavy atom. The van der Waals surface area contributed by atoms with Crippen LogP contribution in [0.25, 0.3) is 0 Å². The fourth-order valence-corrected chi connectivity index (χ4v) is 1.04. The Morgan fingerprint density at radius 3 is 2.62 bits per heavy atom. The first-order chi connectivity index (χ1) is 3.81. The van der Waals surface area contributed by atoms with Crippen LogP contribution in [0.4, 0.5) is 0 Å². The van der Waals surface area contributed by atoms with Crippen LogP contribution < -0.4 is 0 Å². The van der Waals surface area contributed by atoms with Gasteiger partial charge in [-0.25, -0.2) is 0 Å². The van der Waals surface area contributed by atoms with Gasteiger partial charge in [-0.05, 0) is 30.9 Å². The topological polar surface area (TPSA) is 0 Å². The van der Waals surface area contributed by atoms with Crippen LogP contribution >= 0.6 is 11.8 Å². The van der Waals surface area contributed by atoms with E-state index >= 15 is 0 Å². The van der Waals surface area contributed by atoms with E-state index in [4.69, 9.17) is 0 Å². The second-order valence-electron chi connectivity index (χ2n) is 1.75. The van der Waals surface area contributed by atoms with Crippen molar-refractivity contribution in [2.45, 2.75) is 27.2 Å². The highest BCUT2D eigenvalue weighted by atomic mass is 32.2. The Kier molecular flexibility index (Phi) is 5.29. The summed E-state index contributed by atoms with van der Waals surface area (Å²) in [6.07, 6.45) is 3.43. The van der Waals surface area contributed by atoms with Gasteiger partial charge in [0.25, 0.3) is 0 Å². The molecule has 8 heavy (non-hydrogen) atoms. The molecule has 0 aliphatic carbocycles. The average Bonchev–Trinajstić information content (AvgIpc) is 1.83. The highest BCUT2D eigenvalue weighted by Crippen LogP contribution is 2.14. The summed E-state index contributed by atoms with van der Waals surface area (Å²) in [7, 11) is 0. The van der Waals surface area contributed by atoms with Gasteiger partial charge in [0.2, 0.25) is 0 Å². The number of allylic oxidation sites excluding steroid dienone is 2. The first-order valence-corrected chi connectivity index (χ1v) is 4.05. The van der Waals surface area contributed by atoms with Crippen molar-refractivity contribution in [2.24, 2.45) is 0 Å². The van der Waals surface area contributed by atoms with Gasteiger partial charge in [0.15, 0.2) is 0 Å². The van der Waals surface area contributed by atoms with Crippen LogP contribution in [-0.4, -0.2) is 5.75 Å². The number of hydrogen-bond donors (Lipinski definition) is 0. The van der Waals surface area contributed by atoms with Gasteiger partial charge in [-0.3, -0.25) is 0 Å². The molecule has 0 amide bonds. The third-order valence-electron chi connectivity index (χ3n) is 0.940. The third-order valence-corrected chi connectivity index (χ3v) is 2.24. The van der Waals surface area contributed by atoms with Crippen LogP contribution in [0.2, 0.25) is 0 Å². The van der Waals surface area contributed by atoms with Crippen molar-refractivity contribution in [3.05, 3.63) is 11.0 Å². The Balaban J connectivity index is 3.12. The van der Waals surface area contributed by atoms with Gasteiger partial charge in [-0.15, -0.1) is 11.8 Å². The van der Waals surface area contributed by atoms with E-state index in [9.17, 15) is 0 Å². The van der Waals surface area contributed by atoms with Gasteiger partial charge in [0.05, 0.1) is 0 Å². The molecule has 0 spiro atoms. The van der Waals surface area contributed by atoms with Gasteiger partial charge >= 0.3 is 0 Å². The van der Waals surface area contributed by atoms with Gasteiger partial charge in [-0.2, -0.15) is 0 Å². The van der Waals surface area contributed by atoms with Gasteiger partial charge in [-0.1, -0.05) is 13.0 Å². The van der Waals surface area contributed by atoms with E-state index in [1.807, 2.05) is 11.8 Å². The number of hydrogen-bond acceptors (Lipinski definition) is 1. The maximum atomic E-state index is 2.20. The predicted molar refractivity (Wildman–Crippen MR) is 42.2 cm³/mol. The minimum Gasteiger partial charge on any atom is -0.131 e. The van der Waals surface area contributed by atoms with Crippen molar-refractivity contribution in [1.29, 1.82) is 0 Å². The van der Waals surface area contributed by atoms with E-state index in [0.29, 0.717) is 0 Å². The smallest absolute Gasteiger partial charge is 0.00261 e. The van der Waals surface area contributed by atoms with Gasteiger partial charge in [0, 0.05) is 0 Å². The van der Waals surface area contributed by atoms with Crippen molar-refractivity contribution in [3.63, 3.8) is 0 Å². The van der Waals surface area contributed by atoms with Crippen LogP contribution in [0.15, 0.2) is 11.0 Å². The molecule has 0 unspecified atom stereocenters. The summed E-state index contributed by atoms with van der Waals surface area (Å²) in [6.45, 7) is 6.44. The van der Waals surface area contributed by atoms with E-state index in [-0.39, 0.29) is 0 Å². The number of rotatable bonds is 3. The minimum atomic E-state index is 1.26. The maximum Gasteiger partial charge on any atom is -0.00261 e. The Labute approximate surface area is 56.4 Å². The summed E-state index contributed by atoms with van der Waals surface area (Å²) in [5.74, 6) is 1.26. The van der Waals surface area contributed by atoms with Crippen LogP contribution in [0.5, 0.6) is 0 Å². The molecular weight excluding hydrogens is 116 g/mol. The summed E-state index contributed by atoms with van der Waals surface area (Å²) < 4.78 is 0. The van der Waals surface area contributed by atoms with Crippen molar-refractivity contribution < 1.29 is 0 Å². The zero-order valence-corrected chi connectivity index (χ0v) is 6.72. The van der Waals surface area contributed by atoms with Crippen molar-refractivity contribution in [3.8, 4) is 0 Å². The van der Waals surface area contributed by atoms with Crippen molar-refractivity contribution >= 4 is 11.8 Å². The van der Waals surface area contributed by atoms with Crippen LogP contribution in [0.1, 0.15) is 27.2 Å².